The van der Waals surface area contributed by atoms with Crippen LogP contribution in [0.4, 0.5) is 0 Å². The number of hydrogen-bond acceptors (Lipinski definition) is 4. The molecule has 1 aliphatic rings. The maximum atomic E-state index is 11.6. The summed E-state index contributed by atoms with van der Waals surface area (Å²) >= 11 is 0. The van der Waals surface area contributed by atoms with Crippen LogP contribution in [0.3, 0.4) is 0 Å². The topological polar surface area (TPSA) is 101 Å². The molecule has 104 valence electrons. The zero-order valence-electron chi connectivity index (χ0n) is 10.6. The van der Waals surface area contributed by atoms with Crippen LogP contribution in [0.25, 0.3) is 0 Å². The van der Waals surface area contributed by atoms with Crippen molar-refractivity contribution in [2.24, 2.45) is 5.92 Å². The van der Waals surface area contributed by atoms with Crippen LogP contribution in [-0.2, 0) is 19.4 Å². The van der Waals surface area contributed by atoms with Crippen molar-refractivity contribution < 1.29 is 23.1 Å². The van der Waals surface area contributed by atoms with Crippen molar-refractivity contribution in [3.8, 4) is 0 Å². The molecular formula is C11H19NO5S. The molecule has 0 aromatic carbocycles. The molecule has 18 heavy (non-hydrogen) atoms. The first-order valence-corrected chi connectivity index (χ1v) is 7.93. The maximum absolute atomic E-state index is 11.6. The fourth-order valence-corrected chi connectivity index (χ4v) is 2.74. The second-order valence-corrected chi connectivity index (χ2v) is 7.33. The number of amides is 1. The highest BCUT2D eigenvalue weighted by atomic mass is 32.2. The van der Waals surface area contributed by atoms with Gasteiger partial charge in [0.25, 0.3) is 0 Å². The average molecular weight is 277 g/mol. The van der Waals surface area contributed by atoms with Gasteiger partial charge in [0.15, 0.2) is 9.84 Å². The minimum atomic E-state index is -3.44. The maximum Gasteiger partial charge on any atom is 0.329 e. The van der Waals surface area contributed by atoms with E-state index in [1.54, 1.807) is 0 Å². The molecular weight excluding hydrogens is 258 g/mol. The highest BCUT2D eigenvalue weighted by molar-refractivity contribution is 7.91. The summed E-state index contributed by atoms with van der Waals surface area (Å²) in [5, 5.41) is 11.6. The third kappa shape index (κ3) is 3.97. The monoisotopic (exact) mass is 277 g/mol. The van der Waals surface area contributed by atoms with Crippen LogP contribution in [0.15, 0.2) is 0 Å². The fraction of sp³-hybridized carbons (Fsp3) is 0.818. The average Bonchev–Trinajstić information content (AvgIpc) is 2.18. The van der Waals surface area contributed by atoms with E-state index in [0.717, 1.165) is 6.26 Å². The van der Waals surface area contributed by atoms with Gasteiger partial charge >= 0.3 is 5.97 Å². The Morgan fingerprint density at radius 2 is 1.83 bits per heavy atom. The second-order valence-electron chi connectivity index (χ2n) is 5.19. The fourth-order valence-electron chi connectivity index (χ4n) is 2.19. The molecule has 6 nitrogen and oxygen atoms in total. The SMILES string of the molecule is CC1CCC(NC(=O)CS(C)(=O)=O)(C(=O)O)CC1. The van der Waals surface area contributed by atoms with Crippen LogP contribution in [0.5, 0.6) is 0 Å². The molecule has 0 saturated heterocycles. The Hall–Kier alpha value is -1.11. The Balaban J connectivity index is 2.76. The van der Waals surface area contributed by atoms with Crippen LogP contribution >= 0.6 is 0 Å². The molecule has 0 radical (unpaired) electrons. The lowest BCUT2D eigenvalue weighted by atomic mass is 9.77. The summed E-state index contributed by atoms with van der Waals surface area (Å²) in [5.74, 6) is -2.06. The van der Waals surface area contributed by atoms with Crippen molar-refractivity contribution in [1.29, 1.82) is 0 Å². The molecule has 7 heteroatoms. The van der Waals surface area contributed by atoms with Gasteiger partial charge in [0.2, 0.25) is 5.91 Å². The summed E-state index contributed by atoms with van der Waals surface area (Å²) in [6, 6.07) is 0. The van der Waals surface area contributed by atoms with Crippen LogP contribution in [0.1, 0.15) is 32.6 Å². The van der Waals surface area contributed by atoms with Gasteiger partial charge in [0, 0.05) is 6.26 Å². The predicted molar refractivity (Wildman–Crippen MR) is 65.9 cm³/mol. The van der Waals surface area contributed by atoms with E-state index in [1.807, 2.05) is 6.92 Å². The molecule has 0 atom stereocenters. The van der Waals surface area contributed by atoms with Gasteiger partial charge in [-0.25, -0.2) is 13.2 Å². The van der Waals surface area contributed by atoms with E-state index in [9.17, 15) is 23.1 Å². The molecule has 2 N–H and O–H groups in total. The second kappa shape index (κ2) is 5.26. The van der Waals surface area contributed by atoms with Gasteiger partial charge < -0.3 is 10.4 Å². The van der Waals surface area contributed by atoms with E-state index in [4.69, 9.17) is 0 Å². The Labute approximate surface area is 107 Å². The molecule has 0 spiro atoms. The molecule has 0 heterocycles. The van der Waals surface area contributed by atoms with Crippen LogP contribution < -0.4 is 5.32 Å². The Morgan fingerprint density at radius 1 is 1.33 bits per heavy atom. The number of carboxylic acid groups (broad SMARTS) is 1. The van der Waals surface area contributed by atoms with Crippen LogP contribution in [0, 0.1) is 5.92 Å². The minimum Gasteiger partial charge on any atom is -0.480 e. The number of carbonyl (C=O) groups excluding carboxylic acids is 1. The summed E-state index contributed by atoms with van der Waals surface area (Å²) in [6.45, 7) is 2.03. The van der Waals surface area contributed by atoms with Gasteiger partial charge in [0.1, 0.15) is 11.3 Å². The van der Waals surface area contributed by atoms with E-state index in [2.05, 4.69) is 5.32 Å². The number of sulfone groups is 1. The predicted octanol–water partition coefficient (Wildman–Crippen LogP) is 0.181. The largest absolute Gasteiger partial charge is 0.480 e. The third-order valence-electron chi connectivity index (χ3n) is 3.31. The van der Waals surface area contributed by atoms with Gasteiger partial charge in [-0.1, -0.05) is 6.92 Å². The first-order chi connectivity index (χ1) is 8.15. The summed E-state index contributed by atoms with van der Waals surface area (Å²) in [5.41, 5.74) is -1.30. The van der Waals surface area contributed by atoms with Crippen molar-refractivity contribution in [2.45, 2.75) is 38.1 Å². The summed E-state index contributed by atoms with van der Waals surface area (Å²) in [4.78, 5) is 22.9. The van der Waals surface area contributed by atoms with Gasteiger partial charge in [0.05, 0.1) is 0 Å². The van der Waals surface area contributed by atoms with Crippen molar-refractivity contribution in [3.63, 3.8) is 0 Å². The summed E-state index contributed by atoms with van der Waals surface area (Å²) in [6.07, 6.45) is 3.07. The Bertz CT molecular complexity index is 434. The molecule has 1 aliphatic carbocycles. The van der Waals surface area contributed by atoms with Gasteiger partial charge in [-0.05, 0) is 31.6 Å². The van der Waals surface area contributed by atoms with Crippen LogP contribution in [0.2, 0.25) is 0 Å². The highest BCUT2D eigenvalue weighted by Gasteiger charge is 2.42. The molecule has 0 bridgehead atoms. The lowest BCUT2D eigenvalue weighted by Gasteiger charge is -2.36. The lowest BCUT2D eigenvalue weighted by molar-refractivity contribution is -0.149. The zero-order valence-corrected chi connectivity index (χ0v) is 11.4. The number of hydrogen-bond donors (Lipinski definition) is 2. The summed E-state index contributed by atoms with van der Waals surface area (Å²) in [7, 11) is -3.44. The van der Waals surface area contributed by atoms with E-state index in [1.165, 1.54) is 0 Å². The zero-order chi connectivity index (χ0) is 14.0. The quantitative estimate of drug-likeness (QED) is 0.763. The van der Waals surface area contributed by atoms with Gasteiger partial charge in [-0.15, -0.1) is 0 Å². The molecule has 1 saturated carbocycles. The van der Waals surface area contributed by atoms with Crippen LogP contribution in [-0.4, -0.2) is 42.9 Å². The molecule has 0 aromatic heterocycles. The molecule has 1 fully saturated rings. The minimum absolute atomic E-state index is 0.346. The normalized spacial score (nSPS) is 28.7. The first kappa shape index (κ1) is 14.9. The summed E-state index contributed by atoms with van der Waals surface area (Å²) < 4.78 is 22.0. The third-order valence-corrected chi connectivity index (χ3v) is 4.10. The highest BCUT2D eigenvalue weighted by Crippen LogP contribution is 2.32. The van der Waals surface area contributed by atoms with E-state index in [0.29, 0.717) is 31.6 Å². The molecule has 0 unspecified atom stereocenters. The smallest absolute Gasteiger partial charge is 0.329 e. The number of rotatable bonds is 4. The van der Waals surface area contributed by atoms with Gasteiger partial charge in [-0.2, -0.15) is 0 Å². The van der Waals surface area contributed by atoms with E-state index < -0.39 is 33.0 Å². The van der Waals surface area contributed by atoms with E-state index >= 15 is 0 Å². The van der Waals surface area contributed by atoms with E-state index in [-0.39, 0.29) is 0 Å². The van der Waals surface area contributed by atoms with Crippen molar-refractivity contribution in [2.75, 3.05) is 12.0 Å². The number of nitrogens with one attached hydrogen (secondary N) is 1. The molecule has 0 aromatic rings. The molecule has 1 amide bonds. The number of carboxylic acids is 1. The van der Waals surface area contributed by atoms with Crippen molar-refractivity contribution >= 4 is 21.7 Å². The Kier molecular flexibility index (Phi) is 4.37. The lowest BCUT2D eigenvalue weighted by Crippen LogP contribution is -2.57. The number of aliphatic carboxylic acids is 1. The number of carbonyl (C=O) groups is 2. The standard InChI is InChI=1S/C11H19NO5S/c1-8-3-5-11(6-4-8,10(14)15)12-9(13)7-18(2,16)17/h8H,3-7H2,1-2H3,(H,12,13)(H,14,15). The molecule has 0 aliphatic heterocycles. The first-order valence-electron chi connectivity index (χ1n) is 5.87. The van der Waals surface area contributed by atoms with Gasteiger partial charge in [-0.3, -0.25) is 4.79 Å². The molecule has 1 rings (SSSR count). The Morgan fingerprint density at radius 3 is 2.22 bits per heavy atom. The van der Waals surface area contributed by atoms with Crippen molar-refractivity contribution in [3.05, 3.63) is 0 Å². The van der Waals surface area contributed by atoms with Crippen molar-refractivity contribution in [1.82, 2.24) is 5.32 Å².